The fourth-order valence-corrected chi connectivity index (χ4v) is 1.83. The second-order valence-corrected chi connectivity index (χ2v) is 4.77. The maximum Gasteiger partial charge on any atom is 0.341 e. The van der Waals surface area contributed by atoms with E-state index in [4.69, 9.17) is 14.4 Å². The standard InChI is InChI=1S/C15H16N2O5/c1-9-7-13(17-22-9)15(20)16-10(2)11-3-5-12(6-4-11)21-8-14(18)19/h3-7,10H,8H2,1-2H3,(H,16,20)(H,18,19). The highest BCUT2D eigenvalue weighted by Crippen LogP contribution is 2.18. The van der Waals surface area contributed by atoms with Gasteiger partial charge in [0.15, 0.2) is 12.3 Å². The molecule has 1 atom stereocenters. The third-order valence-electron chi connectivity index (χ3n) is 2.95. The molecule has 7 heteroatoms. The molecule has 7 nitrogen and oxygen atoms in total. The first-order valence-electron chi connectivity index (χ1n) is 6.64. The zero-order valence-corrected chi connectivity index (χ0v) is 12.2. The van der Waals surface area contributed by atoms with Gasteiger partial charge in [0.2, 0.25) is 0 Å². The number of carboxylic acid groups (broad SMARTS) is 1. The Kier molecular flexibility index (Phi) is 4.77. The molecule has 2 N–H and O–H groups in total. The number of carboxylic acids is 1. The van der Waals surface area contributed by atoms with Gasteiger partial charge < -0.3 is 19.7 Å². The number of carbonyl (C=O) groups is 2. The van der Waals surface area contributed by atoms with E-state index in [0.29, 0.717) is 11.5 Å². The van der Waals surface area contributed by atoms with Crippen LogP contribution in [0.3, 0.4) is 0 Å². The highest BCUT2D eigenvalue weighted by Gasteiger charge is 2.14. The Balaban J connectivity index is 1.96. The number of aromatic nitrogens is 1. The van der Waals surface area contributed by atoms with Crippen molar-refractivity contribution >= 4 is 11.9 Å². The van der Waals surface area contributed by atoms with E-state index in [0.717, 1.165) is 5.56 Å². The van der Waals surface area contributed by atoms with Crippen molar-refractivity contribution in [3.8, 4) is 5.75 Å². The highest BCUT2D eigenvalue weighted by molar-refractivity contribution is 5.92. The van der Waals surface area contributed by atoms with Gasteiger partial charge in [0.05, 0.1) is 6.04 Å². The van der Waals surface area contributed by atoms with Crippen molar-refractivity contribution in [2.24, 2.45) is 0 Å². The van der Waals surface area contributed by atoms with Crippen LogP contribution in [-0.4, -0.2) is 28.7 Å². The summed E-state index contributed by atoms with van der Waals surface area (Å²) in [4.78, 5) is 22.4. The molecule has 0 spiro atoms. The van der Waals surface area contributed by atoms with Crippen molar-refractivity contribution in [1.82, 2.24) is 10.5 Å². The molecule has 116 valence electrons. The van der Waals surface area contributed by atoms with Crippen LogP contribution in [0.4, 0.5) is 0 Å². The number of benzene rings is 1. The van der Waals surface area contributed by atoms with Crippen molar-refractivity contribution in [2.75, 3.05) is 6.61 Å². The van der Waals surface area contributed by atoms with Crippen molar-refractivity contribution < 1.29 is 24.0 Å². The van der Waals surface area contributed by atoms with E-state index in [9.17, 15) is 9.59 Å². The summed E-state index contributed by atoms with van der Waals surface area (Å²) in [6.45, 7) is 3.15. The smallest absolute Gasteiger partial charge is 0.341 e. The summed E-state index contributed by atoms with van der Waals surface area (Å²) in [5, 5.41) is 15.0. The maximum atomic E-state index is 12.0. The molecule has 0 saturated carbocycles. The molecule has 1 heterocycles. The van der Waals surface area contributed by atoms with Gasteiger partial charge in [-0.25, -0.2) is 4.79 Å². The Bertz CT molecular complexity index is 663. The predicted octanol–water partition coefficient (Wildman–Crippen LogP) is 1.94. The third kappa shape index (κ3) is 4.08. The molecule has 2 aromatic rings. The lowest BCUT2D eigenvalue weighted by Crippen LogP contribution is -2.26. The van der Waals surface area contributed by atoms with Crippen LogP contribution < -0.4 is 10.1 Å². The number of hydrogen-bond acceptors (Lipinski definition) is 5. The van der Waals surface area contributed by atoms with Gasteiger partial charge in [-0.15, -0.1) is 0 Å². The van der Waals surface area contributed by atoms with Gasteiger partial charge in [-0.3, -0.25) is 4.79 Å². The Morgan fingerprint density at radius 1 is 1.36 bits per heavy atom. The quantitative estimate of drug-likeness (QED) is 0.845. The SMILES string of the molecule is Cc1cc(C(=O)NC(C)c2ccc(OCC(=O)O)cc2)no1. The molecule has 0 aliphatic carbocycles. The number of carbonyl (C=O) groups excluding carboxylic acids is 1. The van der Waals surface area contributed by atoms with E-state index in [-0.39, 0.29) is 17.6 Å². The van der Waals surface area contributed by atoms with Gasteiger partial charge in [0.25, 0.3) is 5.91 Å². The zero-order valence-electron chi connectivity index (χ0n) is 12.2. The van der Waals surface area contributed by atoms with Gasteiger partial charge in [-0.05, 0) is 31.5 Å². The fraction of sp³-hybridized carbons (Fsp3) is 0.267. The van der Waals surface area contributed by atoms with E-state index < -0.39 is 12.6 Å². The average Bonchev–Trinajstić information content (AvgIpc) is 2.92. The van der Waals surface area contributed by atoms with Crippen molar-refractivity contribution in [2.45, 2.75) is 19.9 Å². The zero-order chi connectivity index (χ0) is 16.1. The second kappa shape index (κ2) is 6.75. The van der Waals surface area contributed by atoms with Crippen LogP contribution >= 0.6 is 0 Å². The van der Waals surface area contributed by atoms with Crippen molar-refractivity contribution in [3.63, 3.8) is 0 Å². The predicted molar refractivity (Wildman–Crippen MR) is 76.7 cm³/mol. The lowest BCUT2D eigenvalue weighted by atomic mass is 10.1. The monoisotopic (exact) mass is 304 g/mol. The van der Waals surface area contributed by atoms with Gasteiger partial charge in [0.1, 0.15) is 11.5 Å². The van der Waals surface area contributed by atoms with Crippen LogP contribution in [0, 0.1) is 6.92 Å². The topological polar surface area (TPSA) is 102 Å². The molecule has 1 aromatic heterocycles. The van der Waals surface area contributed by atoms with Crippen LogP contribution in [0.1, 0.15) is 34.8 Å². The molecular weight excluding hydrogens is 288 g/mol. The van der Waals surface area contributed by atoms with Crippen LogP contribution in [0.15, 0.2) is 34.9 Å². The molecule has 22 heavy (non-hydrogen) atoms. The van der Waals surface area contributed by atoms with E-state index in [1.807, 2.05) is 6.92 Å². The Morgan fingerprint density at radius 3 is 2.59 bits per heavy atom. The summed E-state index contributed by atoms with van der Waals surface area (Å²) in [7, 11) is 0. The maximum absolute atomic E-state index is 12.0. The molecule has 1 aromatic carbocycles. The summed E-state index contributed by atoms with van der Waals surface area (Å²) < 4.78 is 9.91. The first-order valence-corrected chi connectivity index (χ1v) is 6.64. The number of aryl methyl sites for hydroxylation is 1. The molecule has 0 radical (unpaired) electrons. The Hall–Kier alpha value is -2.83. The van der Waals surface area contributed by atoms with Gasteiger partial charge >= 0.3 is 5.97 Å². The number of rotatable bonds is 6. The van der Waals surface area contributed by atoms with Crippen LogP contribution in [-0.2, 0) is 4.79 Å². The summed E-state index contributed by atoms with van der Waals surface area (Å²) in [5.74, 6) is -0.335. The second-order valence-electron chi connectivity index (χ2n) is 4.77. The lowest BCUT2D eigenvalue weighted by molar-refractivity contribution is -0.139. The summed E-state index contributed by atoms with van der Waals surface area (Å²) in [6, 6.07) is 8.15. The highest BCUT2D eigenvalue weighted by atomic mass is 16.5. The first kappa shape index (κ1) is 15.6. The minimum absolute atomic E-state index is 0.228. The molecule has 0 bridgehead atoms. The molecule has 0 aliphatic rings. The average molecular weight is 304 g/mol. The molecule has 1 unspecified atom stereocenters. The fourth-order valence-electron chi connectivity index (χ4n) is 1.83. The minimum Gasteiger partial charge on any atom is -0.482 e. The largest absolute Gasteiger partial charge is 0.482 e. The van der Waals surface area contributed by atoms with Gasteiger partial charge in [-0.2, -0.15) is 0 Å². The van der Waals surface area contributed by atoms with Gasteiger partial charge in [0, 0.05) is 6.07 Å². The molecule has 2 rings (SSSR count). The number of nitrogens with zero attached hydrogens (tertiary/aromatic N) is 1. The van der Waals surface area contributed by atoms with E-state index in [1.54, 1.807) is 37.3 Å². The normalized spacial score (nSPS) is 11.7. The number of aliphatic carboxylic acids is 1. The first-order chi connectivity index (χ1) is 10.5. The van der Waals surface area contributed by atoms with E-state index >= 15 is 0 Å². The van der Waals surface area contributed by atoms with Crippen LogP contribution in [0.5, 0.6) is 5.75 Å². The summed E-state index contributed by atoms with van der Waals surface area (Å²) in [5.41, 5.74) is 1.09. The van der Waals surface area contributed by atoms with Crippen molar-refractivity contribution in [1.29, 1.82) is 0 Å². The Morgan fingerprint density at radius 2 is 2.05 bits per heavy atom. The molecule has 1 amide bonds. The van der Waals surface area contributed by atoms with E-state index in [2.05, 4.69) is 10.5 Å². The van der Waals surface area contributed by atoms with Crippen LogP contribution in [0.2, 0.25) is 0 Å². The van der Waals surface area contributed by atoms with E-state index in [1.165, 1.54) is 0 Å². The lowest BCUT2D eigenvalue weighted by Gasteiger charge is -2.14. The molecule has 0 saturated heterocycles. The molecule has 0 fully saturated rings. The van der Waals surface area contributed by atoms with Gasteiger partial charge in [-0.1, -0.05) is 17.3 Å². The van der Waals surface area contributed by atoms with Crippen molar-refractivity contribution in [3.05, 3.63) is 47.3 Å². The number of amides is 1. The third-order valence-corrected chi connectivity index (χ3v) is 2.95. The molecular formula is C15H16N2O5. The molecule has 0 aliphatic heterocycles. The Labute approximate surface area is 126 Å². The summed E-state index contributed by atoms with van der Waals surface area (Å²) in [6.07, 6.45) is 0. The minimum atomic E-state index is -1.03. The summed E-state index contributed by atoms with van der Waals surface area (Å²) >= 11 is 0. The number of nitrogens with one attached hydrogen (secondary N) is 1. The van der Waals surface area contributed by atoms with Crippen LogP contribution in [0.25, 0.3) is 0 Å². The number of hydrogen-bond donors (Lipinski definition) is 2. The number of ether oxygens (including phenoxy) is 1.